The number of para-hydroxylation sites is 1. The summed E-state index contributed by atoms with van der Waals surface area (Å²) in [6, 6.07) is 24.7. The zero-order chi connectivity index (χ0) is 25.1. The number of anilines is 1. The van der Waals surface area contributed by atoms with Crippen LogP contribution in [-0.2, 0) is 29.0 Å². The van der Waals surface area contributed by atoms with Gasteiger partial charge in [-0.25, -0.2) is 4.79 Å². The molecule has 0 aliphatic carbocycles. The summed E-state index contributed by atoms with van der Waals surface area (Å²) in [5, 5.41) is 3.99. The molecule has 182 valence electrons. The van der Waals surface area contributed by atoms with Gasteiger partial charge in [0.05, 0.1) is 11.1 Å². The van der Waals surface area contributed by atoms with Gasteiger partial charge in [-0.3, -0.25) is 14.7 Å². The fourth-order valence-electron chi connectivity index (χ4n) is 4.54. The Morgan fingerprint density at radius 3 is 2.64 bits per heavy atom. The van der Waals surface area contributed by atoms with E-state index in [4.69, 9.17) is 21.3 Å². The highest BCUT2D eigenvalue weighted by Gasteiger charge is 2.28. The van der Waals surface area contributed by atoms with E-state index in [0.717, 1.165) is 41.7 Å². The molecule has 5 rings (SSSR count). The molecule has 0 saturated carbocycles. The van der Waals surface area contributed by atoms with E-state index >= 15 is 0 Å². The van der Waals surface area contributed by atoms with E-state index in [-0.39, 0.29) is 0 Å². The average Bonchev–Trinajstić information content (AvgIpc) is 2.88. The van der Waals surface area contributed by atoms with E-state index in [9.17, 15) is 9.59 Å². The molecule has 0 radical (unpaired) electrons. The lowest BCUT2D eigenvalue weighted by Gasteiger charge is -2.30. The Labute approximate surface area is 214 Å². The summed E-state index contributed by atoms with van der Waals surface area (Å²) in [7, 11) is 0. The summed E-state index contributed by atoms with van der Waals surface area (Å²) in [6.07, 6.45) is -0.263. The first-order valence-corrected chi connectivity index (χ1v) is 12.3. The molecule has 1 aromatic heterocycles. The molecule has 0 saturated heterocycles. The second-order valence-corrected chi connectivity index (χ2v) is 9.36. The highest BCUT2D eigenvalue weighted by molar-refractivity contribution is 6.30. The number of halogens is 1. The molecular weight excluding hydrogens is 474 g/mol. The van der Waals surface area contributed by atoms with Gasteiger partial charge in [-0.15, -0.1) is 0 Å². The molecule has 1 N–H and O–H groups in total. The second-order valence-electron chi connectivity index (χ2n) is 8.92. The lowest BCUT2D eigenvalue weighted by atomic mass is 9.95. The van der Waals surface area contributed by atoms with Crippen molar-refractivity contribution in [3.63, 3.8) is 0 Å². The molecule has 1 aliphatic heterocycles. The van der Waals surface area contributed by atoms with Crippen molar-refractivity contribution in [2.24, 2.45) is 0 Å². The molecule has 0 bridgehead atoms. The van der Waals surface area contributed by atoms with E-state index in [2.05, 4.69) is 22.3 Å². The number of carbonyl (C=O) groups is 2. The number of esters is 1. The van der Waals surface area contributed by atoms with Crippen LogP contribution in [0.2, 0.25) is 5.02 Å². The predicted molar refractivity (Wildman–Crippen MR) is 141 cm³/mol. The minimum absolute atomic E-state index is 0.427. The Hall–Kier alpha value is -3.74. The van der Waals surface area contributed by atoms with Crippen molar-refractivity contribution in [3.8, 4) is 0 Å². The highest BCUT2D eigenvalue weighted by Crippen LogP contribution is 2.30. The number of hydrogen-bond donors (Lipinski definition) is 1. The monoisotopic (exact) mass is 499 g/mol. The summed E-state index contributed by atoms with van der Waals surface area (Å²) in [5.74, 6) is -0.955. The predicted octanol–water partition coefficient (Wildman–Crippen LogP) is 5.63. The third-order valence-corrected chi connectivity index (χ3v) is 6.56. The van der Waals surface area contributed by atoms with E-state index < -0.39 is 18.0 Å². The van der Waals surface area contributed by atoms with Crippen LogP contribution in [0.5, 0.6) is 0 Å². The maximum atomic E-state index is 13.5. The van der Waals surface area contributed by atoms with Crippen molar-refractivity contribution in [2.45, 2.75) is 32.5 Å². The Morgan fingerprint density at radius 1 is 1.06 bits per heavy atom. The van der Waals surface area contributed by atoms with Crippen molar-refractivity contribution in [3.05, 3.63) is 106 Å². The van der Waals surface area contributed by atoms with E-state index in [1.807, 2.05) is 42.5 Å². The van der Waals surface area contributed by atoms with Gasteiger partial charge in [0, 0.05) is 53.4 Å². The van der Waals surface area contributed by atoms with Crippen LogP contribution >= 0.6 is 11.6 Å². The SMILES string of the molecule is CC(OC(=O)c1c2c(nc3ccccc13)CCN(Cc1ccccc1)C2)C(=O)Nc1cccc(Cl)c1. The van der Waals surface area contributed by atoms with Crippen LogP contribution in [0.25, 0.3) is 10.9 Å². The summed E-state index contributed by atoms with van der Waals surface area (Å²) in [6.45, 7) is 3.77. The molecule has 36 heavy (non-hydrogen) atoms. The molecule has 3 aromatic carbocycles. The van der Waals surface area contributed by atoms with Crippen molar-refractivity contribution >= 4 is 40.1 Å². The molecule has 2 heterocycles. The number of pyridine rings is 1. The lowest BCUT2D eigenvalue weighted by molar-refractivity contribution is -0.123. The highest BCUT2D eigenvalue weighted by atomic mass is 35.5. The summed E-state index contributed by atoms with van der Waals surface area (Å²) in [4.78, 5) is 33.5. The van der Waals surface area contributed by atoms with Gasteiger partial charge >= 0.3 is 5.97 Å². The first-order chi connectivity index (χ1) is 17.5. The second kappa shape index (κ2) is 10.5. The molecule has 1 aliphatic rings. The minimum Gasteiger partial charge on any atom is -0.449 e. The van der Waals surface area contributed by atoms with Gasteiger partial charge in [0.25, 0.3) is 5.91 Å². The first kappa shape index (κ1) is 24.0. The zero-order valence-electron chi connectivity index (χ0n) is 19.9. The van der Waals surface area contributed by atoms with Crippen molar-refractivity contribution in [2.75, 3.05) is 11.9 Å². The number of amides is 1. The molecule has 4 aromatic rings. The van der Waals surface area contributed by atoms with Gasteiger partial charge in [0.15, 0.2) is 6.10 Å². The minimum atomic E-state index is -0.997. The molecular formula is C29H26ClN3O3. The smallest absolute Gasteiger partial charge is 0.339 e. The normalized spacial score (nSPS) is 14.2. The number of aromatic nitrogens is 1. The Balaban J connectivity index is 1.41. The first-order valence-electron chi connectivity index (χ1n) is 11.9. The van der Waals surface area contributed by atoms with Crippen LogP contribution in [-0.4, -0.2) is 34.4 Å². The standard InChI is InChI=1S/C29H26ClN3O3/c1-19(28(34)31-22-11-7-10-21(30)16-22)36-29(35)27-23-12-5-6-13-25(23)32-26-14-15-33(18-24(26)27)17-20-8-3-2-4-9-20/h2-13,16,19H,14-15,17-18H2,1H3,(H,31,34). The van der Waals surface area contributed by atoms with Crippen LogP contribution in [0.4, 0.5) is 5.69 Å². The number of nitrogens with one attached hydrogen (secondary N) is 1. The Morgan fingerprint density at radius 2 is 1.83 bits per heavy atom. The number of fused-ring (bicyclic) bond motifs is 2. The van der Waals surface area contributed by atoms with Crippen LogP contribution in [0, 0.1) is 0 Å². The topological polar surface area (TPSA) is 71.5 Å². The summed E-state index contributed by atoms with van der Waals surface area (Å²) < 4.78 is 5.70. The van der Waals surface area contributed by atoms with E-state index in [1.54, 1.807) is 31.2 Å². The number of ether oxygens (including phenoxy) is 1. The van der Waals surface area contributed by atoms with Crippen LogP contribution in [0.1, 0.15) is 34.1 Å². The van der Waals surface area contributed by atoms with E-state index in [0.29, 0.717) is 22.8 Å². The quantitative estimate of drug-likeness (QED) is 0.348. The Bertz CT molecular complexity index is 1420. The fraction of sp³-hybridized carbons (Fsp3) is 0.207. The average molecular weight is 500 g/mol. The van der Waals surface area contributed by atoms with Gasteiger partial charge in [0.1, 0.15) is 0 Å². The maximum absolute atomic E-state index is 13.5. The molecule has 7 heteroatoms. The largest absolute Gasteiger partial charge is 0.449 e. The maximum Gasteiger partial charge on any atom is 0.339 e. The summed E-state index contributed by atoms with van der Waals surface area (Å²) in [5.41, 5.74) is 4.75. The van der Waals surface area contributed by atoms with Gasteiger partial charge in [-0.1, -0.05) is 66.2 Å². The lowest BCUT2D eigenvalue weighted by Crippen LogP contribution is -2.34. The molecule has 1 unspecified atom stereocenters. The van der Waals surface area contributed by atoms with Gasteiger partial charge in [-0.2, -0.15) is 0 Å². The van der Waals surface area contributed by atoms with E-state index in [1.165, 1.54) is 5.56 Å². The molecule has 6 nitrogen and oxygen atoms in total. The molecule has 1 atom stereocenters. The third-order valence-electron chi connectivity index (χ3n) is 6.32. The third kappa shape index (κ3) is 5.25. The van der Waals surface area contributed by atoms with Crippen LogP contribution in [0.3, 0.4) is 0 Å². The van der Waals surface area contributed by atoms with Crippen molar-refractivity contribution < 1.29 is 14.3 Å². The zero-order valence-corrected chi connectivity index (χ0v) is 20.7. The Kier molecular flexibility index (Phi) is 6.98. The van der Waals surface area contributed by atoms with Gasteiger partial charge in [0.2, 0.25) is 0 Å². The summed E-state index contributed by atoms with van der Waals surface area (Å²) >= 11 is 6.01. The van der Waals surface area contributed by atoms with Crippen molar-refractivity contribution in [1.29, 1.82) is 0 Å². The fourth-order valence-corrected chi connectivity index (χ4v) is 4.73. The number of rotatable bonds is 6. The van der Waals surface area contributed by atoms with Gasteiger partial charge in [-0.05, 0) is 36.8 Å². The van der Waals surface area contributed by atoms with Crippen LogP contribution in [0.15, 0.2) is 78.9 Å². The number of benzene rings is 3. The number of hydrogen-bond acceptors (Lipinski definition) is 5. The molecule has 0 fully saturated rings. The van der Waals surface area contributed by atoms with Crippen LogP contribution < -0.4 is 5.32 Å². The molecule has 1 amide bonds. The van der Waals surface area contributed by atoms with Gasteiger partial charge < -0.3 is 10.1 Å². The number of carbonyl (C=O) groups excluding carboxylic acids is 2. The molecule has 0 spiro atoms. The number of nitrogens with zero attached hydrogens (tertiary/aromatic N) is 2. The van der Waals surface area contributed by atoms with Crippen molar-refractivity contribution in [1.82, 2.24) is 9.88 Å².